The Morgan fingerprint density at radius 3 is 2.17 bits per heavy atom. The third-order valence-corrected chi connectivity index (χ3v) is 1.40. The molecule has 1 rings (SSSR count). The molecule has 0 radical (unpaired) electrons. The van der Waals surface area contributed by atoms with Crippen molar-refractivity contribution < 1.29 is 75.4 Å². The Hall–Kier alpha value is 1.55. The quantitative estimate of drug-likeness (QED) is 0.433. The van der Waals surface area contributed by atoms with Crippen LogP contribution in [0.15, 0.2) is 30.3 Å². The maximum Gasteiger partial charge on any atom is 1.00 e. The minimum absolute atomic E-state index is 0. The summed E-state index contributed by atoms with van der Waals surface area (Å²) in [5, 5.41) is 0. The number of rotatable bonds is 2. The van der Waals surface area contributed by atoms with E-state index in [1.807, 2.05) is 25.1 Å². The molecule has 0 bridgehead atoms. The van der Waals surface area contributed by atoms with E-state index in [0.29, 0.717) is 0 Å². The van der Waals surface area contributed by atoms with E-state index in [1.165, 1.54) is 5.56 Å². The van der Waals surface area contributed by atoms with E-state index in [9.17, 15) is 0 Å². The van der Waals surface area contributed by atoms with Crippen molar-refractivity contribution in [2.75, 3.05) is 0 Å². The predicted molar refractivity (Wildman–Crippen MR) is 43.8 cm³/mol. The van der Waals surface area contributed by atoms with Crippen molar-refractivity contribution in [2.24, 2.45) is 5.73 Å². The van der Waals surface area contributed by atoms with Gasteiger partial charge in [-0.2, -0.15) is 0 Å². The van der Waals surface area contributed by atoms with Gasteiger partial charge in [-0.1, -0.05) is 30.3 Å². The minimum atomic E-state index is 0. The van der Waals surface area contributed by atoms with E-state index in [-0.39, 0.29) is 81.4 Å². The Balaban J connectivity index is 0. The molecule has 0 saturated carbocycles. The van der Waals surface area contributed by atoms with Crippen LogP contribution in [0.5, 0.6) is 0 Å². The van der Waals surface area contributed by atoms with Crippen molar-refractivity contribution in [1.29, 1.82) is 0 Å². The molecule has 0 aromatic heterocycles. The monoisotopic (exact) mass is 301 g/mol. The standard InChI is InChI=1S/C9H13N.HI.K/c1-8(10)7-9-5-3-2-4-6-9;;/h2-6,8H,7,10H2,1H3;1H;/q;;+1/p-1/t8-;;/m1../s1. The summed E-state index contributed by atoms with van der Waals surface area (Å²) in [6.45, 7) is 2.02. The van der Waals surface area contributed by atoms with Gasteiger partial charge in [0.2, 0.25) is 0 Å². The zero-order valence-corrected chi connectivity index (χ0v) is 12.9. The van der Waals surface area contributed by atoms with Gasteiger partial charge in [0.15, 0.2) is 0 Å². The fourth-order valence-corrected chi connectivity index (χ4v) is 0.986. The van der Waals surface area contributed by atoms with Crippen LogP contribution in [0.3, 0.4) is 0 Å². The number of nitrogens with two attached hydrogens (primary N) is 1. The summed E-state index contributed by atoms with van der Waals surface area (Å²) in [5.74, 6) is 0. The van der Waals surface area contributed by atoms with E-state index < -0.39 is 0 Å². The molecule has 0 aliphatic carbocycles. The molecule has 0 spiro atoms. The van der Waals surface area contributed by atoms with E-state index in [0.717, 1.165) is 6.42 Å². The van der Waals surface area contributed by atoms with Gasteiger partial charge in [-0.15, -0.1) is 0 Å². The maximum absolute atomic E-state index is 5.62. The molecular formula is C9H13IKN. The van der Waals surface area contributed by atoms with E-state index in [2.05, 4.69) is 12.1 Å². The fraction of sp³-hybridized carbons (Fsp3) is 0.333. The summed E-state index contributed by atoms with van der Waals surface area (Å²) in [7, 11) is 0. The van der Waals surface area contributed by atoms with Crippen molar-refractivity contribution in [3.8, 4) is 0 Å². The largest absolute Gasteiger partial charge is 1.00 e. The summed E-state index contributed by atoms with van der Waals surface area (Å²) < 4.78 is 0. The van der Waals surface area contributed by atoms with Crippen molar-refractivity contribution >= 4 is 0 Å². The SMILES string of the molecule is C[C@@H](N)Cc1ccccc1.[I-].[K+]. The van der Waals surface area contributed by atoms with Crippen molar-refractivity contribution in [2.45, 2.75) is 19.4 Å². The maximum atomic E-state index is 5.62. The van der Waals surface area contributed by atoms with Crippen molar-refractivity contribution in [3.63, 3.8) is 0 Å². The van der Waals surface area contributed by atoms with Gasteiger partial charge < -0.3 is 29.7 Å². The van der Waals surface area contributed by atoms with Crippen LogP contribution >= 0.6 is 0 Å². The second kappa shape index (κ2) is 9.12. The first kappa shape index (κ1) is 16.0. The fourth-order valence-electron chi connectivity index (χ4n) is 0.986. The Morgan fingerprint density at radius 1 is 1.25 bits per heavy atom. The molecule has 1 aromatic carbocycles. The molecule has 1 nitrogen and oxygen atoms in total. The summed E-state index contributed by atoms with van der Waals surface area (Å²) in [6, 6.07) is 10.6. The molecule has 1 aromatic rings. The van der Waals surface area contributed by atoms with Crippen LogP contribution in [0, 0.1) is 0 Å². The van der Waals surface area contributed by atoms with Crippen LogP contribution in [0.1, 0.15) is 12.5 Å². The topological polar surface area (TPSA) is 26.0 Å². The molecule has 1 atom stereocenters. The van der Waals surface area contributed by atoms with Crippen LogP contribution in [-0.4, -0.2) is 6.04 Å². The molecule has 0 amide bonds. The first-order valence-corrected chi connectivity index (χ1v) is 3.58. The summed E-state index contributed by atoms with van der Waals surface area (Å²) in [4.78, 5) is 0. The van der Waals surface area contributed by atoms with E-state index in [1.54, 1.807) is 0 Å². The number of hydrogen-bond donors (Lipinski definition) is 1. The Morgan fingerprint density at radius 2 is 1.75 bits per heavy atom. The molecule has 0 fully saturated rings. The van der Waals surface area contributed by atoms with Gasteiger partial charge in [-0.3, -0.25) is 0 Å². The molecule has 0 unspecified atom stereocenters. The molecule has 0 aliphatic heterocycles. The van der Waals surface area contributed by atoms with Crippen LogP contribution in [-0.2, 0) is 6.42 Å². The molecular weight excluding hydrogens is 288 g/mol. The molecule has 0 aliphatic rings. The van der Waals surface area contributed by atoms with Crippen LogP contribution in [0.25, 0.3) is 0 Å². The second-order valence-corrected chi connectivity index (χ2v) is 2.67. The van der Waals surface area contributed by atoms with Crippen molar-refractivity contribution in [3.05, 3.63) is 35.9 Å². The van der Waals surface area contributed by atoms with Crippen LogP contribution in [0.2, 0.25) is 0 Å². The zero-order chi connectivity index (χ0) is 7.40. The van der Waals surface area contributed by atoms with E-state index >= 15 is 0 Å². The first-order valence-electron chi connectivity index (χ1n) is 3.58. The van der Waals surface area contributed by atoms with Gasteiger partial charge in [0.1, 0.15) is 0 Å². The number of benzene rings is 1. The predicted octanol–water partition coefficient (Wildman–Crippen LogP) is -4.42. The smallest absolute Gasteiger partial charge is 1.00 e. The summed E-state index contributed by atoms with van der Waals surface area (Å²) in [6.07, 6.45) is 0.973. The third kappa shape index (κ3) is 7.00. The third-order valence-electron chi connectivity index (χ3n) is 1.40. The van der Waals surface area contributed by atoms with Gasteiger partial charge in [-0.25, -0.2) is 0 Å². The van der Waals surface area contributed by atoms with Gasteiger partial charge in [0.25, 0.3) is 0 Å². The minimum Gasteiger partial charge on any atom is -1.00 e. The number of halogens is 1. The van der Waals surface area contributed by atoms with Gasteiger partial charge in [-0.05, 0) is 18.9 Å². The average molecular weight is 301 g/mol. The van der Waals surface area contributed by atoms with Gasteiger partial charge in [0.05, 0.1) is 0 Å². The van der Waals surface area contributed by atoms with Crippen LogP contribution < -0.4 is 81.1 Å². The molecule has 3 heteroatoms. The Kier molecular flexibility index (Phi) is 12.1. The number of hydrogen-bond acceptors (Lipinski definition) is 1. The Labute approximate surface area is 134 Å². The zero-order valence-electron chi connectivity index (χ0n) is 7.63. The molecule has 12 heavy (non-hydrogen) atoms. The van der Waals surface area contributed by atoms with Gasteiger partial charge >= 0.3 is 51.4 Å². The summed E-state index contributed by atoms with van der Waals surface area (Å²) in [5.41, 5.74) is 6.94. The van der Waals surface area contributed by atoms with E-state index in [4.69, 9.17) is 5.73 Å². The Bertz CT molecular complexity index is 189. The van der Waals surface area contributed by atoms with Gasteiger partial charge in [0, 0.05) is 6.04 Å². The molecule has 0 saturated heterocycles. The second-order valence-electron chi connectivity index (χ2n) is 2.67. The van der Waals surface area contributed by atoms with Crippen molar-refractivity contribution in [1.82, 2.24) is 0 Å². The molecule has 2 N–H and O–H groups in total. The first-order chi connectivity index (χ1) is 4.79. The summed E-state index contributed by atoms with van der Waals surface area (Å²) >= 11 is 0. The van der Waals surface area contributed by atoms with Crippen LogP contribution in [0.4, 0.5) is 0 Å². The molecule has 0 heterocycles. The normalized spacial score (nSPS) is 10.8. The molecule has 62 valence electrons. The average Bonchev–Trinajstić information content (AvgIpc) is 1.88.